The van der Waals surface area contributed by atoms with Crippen molar-refractivity contribution < 1.29 is 43.0 Å². The van der Waals surface area contributed by atoms with Crippen molar-refractivity contribution >= 4 is 54.1 Å². The number of amides is 5. The zero-order valence-corrected chi connectivity index (χ0v) is 35.3. The lowest BCUT2D eigenvalue weighted by atomic mass is 9.96. The van der Waals surface area contributed by atoms with E-state index in [1.807, 2.05) is 60.5 Å². The molecule has 0 radical (unpaired) electrons. The zero-order chi connectivity index (χ0) is 41.2. The average Bonchev–Trinajstić information content (AvgIpc) is 3.78. The van der Waals surface area contributed by atoms with Gasteiger partial charge in [-0.05, 0) is 63.5 Å². The van der Waals surface area contributed by atoms with Crippen molar-refractivity contribution in [1.29, 1.82) is 0 Å². The number of rotatable bonds is 18. The molecule has 2 saturated heterocycles. The summed E-state index contributed by atoms with van der Waals surface area (Å²) in [7, 11) is 6.41. The molecule has 308 valence electrons. The van der Waals surface area contributed by atoms with Crippen LogP contribution in [0, 0.1) is 23.7 Å². The van der Waals surface area contributed by atoms with Crippen LogP contribution in [0.5, 0.6) is 0 Å². The fraction of sp³-hybridized carbons (Fsp3) is 0.816. The predicted molar refractivity (Wildman–Crippen MR) is 207 cm³/mol. The topological polar surface area (TPSA) is 175 Å². The van der Waals surface area contributed by atoms with Gasteiger partial charge in [0.25, 0.3) is 0 Å². The monoisotopic (exact) mass is 782 g/mol. The van der Waals surface area contributed by atoms with Crippen LogP contribution in [0.25, 0.3) is 0 Å². The standard InChI is InChI=1S/C38H66N6O9S/c1-21(2)28(19-29(45)39-25(20-54)37(50)52-12)53-38(51)27-16-14-18-44(27)34(47)26-15-13-17-43(26)36(49)32(24(7)8)42(11)35(48)30(22(3)4)40-33(46)31(23(5)6)41(9)10/h21-28,30-32,54H,13-20H2,1-12H3,(H,39,45)(H,40,46). The molecule has 2 N–H and O–H groups in total. The van der Waals surface area contributed by atoms with E-state index in [9.17, 15) is 33.6 Å². The van der Waals surface area contributed by atoms with E-state index in [1.54, 1.807) is 20.9 Å². The molecule has 54 heavy (non-hydrogen) atoms. The molecular weight excluding hydrogens is 717 g/mol. The molecule has 0 aromatic rings. The summed E-state index contributed by atoms with van der Waals surface area (Å²) >= 11 is 4.10. The maximum Gasteiger partial charge on any atom is 0.329 e. The van der Waals surface area contributed by atoms with Crippen LogP contribution in [0.2, 0.25) is 0 Å². The molecule has 0 spiro atoms. The molecule has 5 amide bonds. The molecule has 0 bridgehead atoms. The Bertz CT molecular complexity index is 1330. The van der Waals surface area contributed by atoms with Gasteiger partial charge in [0.2, 0.25) is 29.5 Å². The zero-order valence-electron chi connectivity index (χ0n) is 34.4. The second kappa shape index (κ2) is 21.1. The number of likely N-dealkylation sites (tertiary alicyclic amines) is 2. The first-order valence-corrected chi connectivity index (χ1v) is 19.9. The summed E-state index contributed by atoms with van der Waals surface area (Å²) in [4.78, 5) is 101. The Kier molecular flexibility index (Phi) is 18.2. The Labute approximate surface area is 327 Å². The summed E-state index contributed by atoms with van der Waals surface area (Å²) in [6, 6.07) is -4.90. The Morgan fingerprint density at radius 2 is 1.31 bits per heavy atom. The van der Waals surface area contributed by atoms with Crippen molar-refractivity contribution in [2.75, 3.05) is 47.1 Å². The number of hydrogen-bond donors (Lipinski definition) is 3. The van der Waals surface area contributed by atoms with Gasteiger partial charge in [0.15, 0.2) is 0 Å². The number of ether oxygens (including phenoxy) is 2. The number of methoxy groups -OCH3 is 1. The van der Waals surface area contributed by atoms with E-state index in [4.69, 9.17) is 9.47 Å². The molecule has 0 aliphatic carbocycles. The number of thiol groups is 1. The van der Waals surface area contributed by atoms with Crippen LogP contribution in [0.4, 0.5) is 0 Å². The van der Waals surface area contributed by atoms with E-state index in [2.05, 4.69) is 23.3 Å². The molecule has 2 heterocycles. The number of likely N-dealkylation sites (N-methyl/N-ethyl adjacent to an activating group) is 2. The maximum absolute atomic E-state index is 14.4. The van der Waals surface area contributed by atoms with E-state index in [-0.39, 0.29) is 53.6 Å². The quantitative estimate of drug-likeness (QED) is 0.137. The summed E-state index contributed by atoms with van der Waals surface area (Å²) in [5.41, 5.74) is 0. The Morgan fingerprint density at radius 1 is 0.759 bits per heavy atom. The van der Waals surface area contributed by atoms with Crippen molar-refractivity contribution in [3.05, 3.63) is 0 Å². The van der Waals surface area contributed by atoms with Crippen molar-refractivity contribution in [3.8, 4) is 0 Å². The van der Waals surface area contributed by atoms with E-state index < -0.39 is 66.1 Å². The van der Waals surface area contributed by atoms with Crippen molar-refractivity contribution in [2.24, 2.45) is 23.7 Å². The SMILES string of the molecule is COC(=O)C(CS)NC(=O)CC(OC(=O)C1CCCN1C(=O)C1CCCN1C(=O)C(C(C)C)N(C)C(=O)C(NC(=O)C(C(C)C)N(C)C)C(C)C)C(C)C. The lowest BCUT2D eigenvalue weighted by Crippen LogP contribution is -2.61. The summed E-state index contributed by atoms with van der Waals surface area (Å²) in [6.45, 7) is 15.5. The number of nitrogens with zero attached hydrogens (tertiary/aromatic N) is 4. The van der Waals surface area contributed by atoms with E-state index >= 15 is 0 Å². The first kappa shape index (κ1) is 46.8. The summed E-state index contributed by atoms with van der Waals surface area (Å²) in [5.74, 6) is -3.97. The third kappa shape index (κ3) is 11.8. The summed E-state index contributed by atoms with van der Waals surface area (Å²) in [5, 5.41) is 5.51. The molecule has 0 aromatic heterocycles. The third-order valence-corrected chi connectivity index (χ3v) is 10.7. The fourth-order valence-corrected chi connectivity index (χ4v) is 7.70. The van der Waals surface area contributed by atoms with Crippen LogP contribution in [-0.4, -0.2) is 151 Å². The van der Waals surface area contributed by atoms with Crippen molar-refractivity contribution in [3.63, 3.8) is 0 Å². The van der Waals surface area contributed by atoms with E-state index in [0.29, 0.717) is 38.8 Å². The fourth-order valence-electron chi connectivity index (χ4n) is 7.46. The van der Waals surface area contributed by atoms with Gasteiger partial charge >= 0.3 is 11.9 Å². The molecule has 15 nitrogen and oxygen atoms in total. The molecule has 0 saturated carbocycles. The predicted octanol–water partition coefficient (Wildman–Crippen LogP) is 1.72. The number of carbonyl (C=O) groups is 7. The Morgan fingerprint density at radius 3 is 1.80 bits per heavy atom. The normalized spacial score (nSPS) is 20.2. The second-order valence-corrected chi connectivity index (χ2v) is 16.5. The highest BCUT2D eigenvalue weighted by molar-refractivity contribution is 7.80. The lowest BCUT2D eigenvalue weighted by molar-refractivity contribution is -0.163. The van der Waals surface area contributed by atoms with Crippen LogP contribution in [0.1, 0.15) is 87.5 Å². The molecule has 2 aliphatic rings. The van der Waals surface area contributed by atoms with Gasteiger partial charge in [-0.15, -0.1) is 0 Å². The van der Waals surface area contributed by atoms with Gasteiger partial charge in [-0.2, -0.15) is 12.6 Å². The van der Waals surface area contributed by atoms with Crippen LogP contribution >= 0.6 is 12.6 Å². The molecule has 2 rings (SSSR count). The van der Waals surface area contributed by atoms with Crippen LogP contribution in [-0.2, 0) is 43.0 Å². The number of nitrogens with one attached hydrogen (secondary N) is 2. The molecule has 2 fully saturated rings. The molecule has 2 aliphatic heterocycles. The van der Waals surface area contributed by atoms with Crippen LogP contribution < -0.4 is 10.6 Å². The number of carbonyl (C=O) groups excluding carboxylic acids is 7. The van der Waals surface area contributed by atoms with E-state index in [1.165, 1.54) is 21.8 Å². The molecular formula is C38H66N6O9S. The first-order valence-electron chi connectivity index (χ1n) is 19.2. The highest BCUT2D eigenvalue weighted by Crippen LogP contribution is 2.29. The Hall–Kier alpha value is -3.40. The lowest BCUT2D eigenvalue weighted by Gasteiger charge is -2.38. The maximum atomic E-state index is 14.4. The second-order valence-electron chi connectivity index (χ2n) is 16.1. The molecule has 16 heteroatoms. The summed E-state index contributed by atoms with van der Waals surface area (Å²) < 4.78 is 10.5. The van der Waals surface area contributed by atoms with Gasteiger partial charge in [0, 0.05) is 25.9 Å². The molecule has 7 atom stereocenters. The highest BCUT2D eigenvalue weighted by Gasteiger charge is 2.46. The van der Waals surface area contributed by atoms with Crippen LogP contribution in [0.15, 0.2) is 0 Å². The van der Waals surface area contributed by atoms with E-state index in [0.717, 1.165) is 0 Å². The number of esters is 2. The molecule has 7 unspecified atom stereocenters. The molecule has 0 aromatic carbocycles. The first-order chi connectivity index (χ1) is 25.2. The van der Waals surface area contributed by atoms with Crippen LogP contribution in [0.3, 0.4) is 0 Å². The number of hydrogen-bond acceptors (Lipinski definition) is 11. The Balaban J connectivity index is 2.24. The minimum atomic E-state index is -0.953. The third-order valence-electron chi connectivity index (χ3n) is 10.4. The smallest absolute Gasteiger partial charge is 0.329 e. The van der Waals surface area contributed by atoms with Gasteiger partial charge in [-0.3, -0.25) is 28.9 Å². The average molecular weight is 783 g/mol. The van der Waals surface area contributed by atoms with Gasteiger partial charge in [0.1, 0.15) is 36.3 Å². The van der Waals surface area contributed by atoms with Crippen molar-refractivity contribution in [2.45, 2.75) is 130 Å². The van der Waals surface area contributed by atoms with Gasteiger partial charge in [0.05, 0.1) is 19.6 Å². The van der Waals surface area contributed by atoms with Gasteiger partial charge < -0.3 is 34.8 Å². The largest absolute Gasteiger partial charge is 0.467 e. The van der Waals surface area contributed by atoms with Crippen molar-refractivity contribution in [1.82, 2.24) is 30.2 Å². The van der Waals surface area contributed by atoms with Gasteiger partial charge in [-0.1, -0.05) is 55.4 Å². The highest BCUT2D eigenvalue weighted by atomic mass is 32.1. The minimum Gasteiger partial charge on any atom is -0.467 e. The summed E-state index contributed by atoms with van der Waals surface area (Å²) in [6.07, 6.45) is 0.874. The minimum absolute atomic E-state index is 0.000874. The van der Waals surface area contributed by atoms with Gasteiger partial charge in [-0.25, -0.2) is 9.59 Å².